The Bertz CT molecular complexity index is 610. The number of nitrogens with zero attached hydrogens (tertiary/aromatic N) is 2. The maximum absolute atomic E-state index is 10.8. The third-order valence-corrected chi connectivity index (χ3v) is 3.33. The molecule has 0 saturated carbocycles. The molecule has 0 saturated heterocycles. The van der Waals surface area contributed by atoms with Crippen LogP contribution in [0.4, 0.5) is 0 Å². The predicted octanol–water partition coefficient (Wildman–Crippen LogP) is 3.15. The lowest BCUT2D eigenvalue weighted by Crippen LogP contribution is -2.28. The van der Waals surface area contributed by atoms with Gasteiger partial charge < -0.3 is 9.52 Å². The number of aromatic nitrogens is 1. The average molecular weight is 309 g/mol. The number of rotatable bonds is 6. The van der Waals surface area contributed by atoms with E-state index in [0.29, 0.717) is 24.0 Å². The quantitative estimate of drug-likeness (QED) is 0.888. The van der Waals surface area contributed by atoms with Crippen molar-refractivity contribution in [3.05, 3.63) is 41.2 Å². The first-order valence-corrected chi connectivity index (χ1v) is 6.95. The van der Waals surface area contributed by atoms with Crippen LogP contribution in [-0.4, -0.2) is 34.6 Å². The van der Waals surface area contributed by atoms with Gasteiger partial charge in [0.1, 0.15) is 6.26 Å². The maximum atomic E-state index is 10.8. The van der Waals surface area contributed by atoms with E-state index in [9.17, 15) is 4.79 Å². The predicted molar refractivity (Wildman–Crippen MR) is 80.1 cm³/mol. The second-order valence-electron chi connectivity index (χ2n) is 5.09. The number of halogens is 1. The van der Waals surface area contributed by atoms with Gasteiger partial charge in [0.25, 0.3) is 0 Å². The SMILES string of the molecule is CC(CN(C)Cc1coc(-c2ccc(Cl)cc2)n1)C(=O)O. The molecule has 1 aromatic heterocycles. The van der Waals surface area contributed by atoms with Gasteiger partial charge in [0.15, 0.2) is 0 Å². The lowest BCUT2D eigenvalue weighted by molar-refractivity contribution is -0.141. The van der Waals surface area contributed by atoms with Gasteiger partial charge in [-0.2, -0.15) is 0 Å². The summed E-state index contributed by atoms with van der Waals surface area (Å²) in [5.41, 5.74) is 1.62. The van der Waals surface area contributed by atoms with Crippen molar-refractivity contribution >= 4 is 17.6 Å². The fourth-order valence-corrected chi connectivity index (χ4v) is 2.12. The van der Waals surface area contributed by atoms with Crippen molar-refractivity contribution < 1.29 is 14.3 Å². The Morgan fingerprint density at radius 2 is 2.10 bits per heavy atom. The number of aliphatic carboxylic acids is 1. The van der Waals surface area contributed by atoms with E-state index in [4.69, 9.17) is 21.1 Å². The first-order valence-electron chi connectivity index (χ1n) is 6.57. The standard InChI is InChI=1S/C15H17ClN2O3/c1-10(15(19)20)7-18(2)8-13-9-21-14(17-13)11-3-5-12(16)6-4-11/h3-6,9-10H,7-8H2,1-2H3,(H,19,20). The van der Waals surface area contributed by atoms with E-state index in [0.717, 1.165) is 11.3 Å². The Morgan fingerprint density at radius 3 is 2.71 bits per heavy atom. The van der Waals surface area contributed by atoms with Gasteiger partial charge in [0.2, 0.25) is 5.89 Å². The van der Waals surface area contributed by atoms with Crippen LogP contribution in [0.25, 0.3) is 11.5 Å². The zero-order chi connectivity index (χ0) is 15.4. The minimum atomic E-state index is -0.802. The summed E-state index contributed by atoms with van der Waals surface area (Å²) >= 11 is 5.84. The van der Waals surface area contributed by atoms with Crippen LogP contribution in [0.3, 0.4) is 0 Å². The normalized spacial score (nSPS) is 12.6. The molecule has 0 fully saturated rings. The van der Waals surface area contributed by atoms with Crippen LogP contribution in [0, 0.1) is 5.92 Å². The van der Waals surface area contributed by atoms with Crippen LogP contribution >= 0.6 is 11.6 Å². The van der Waals surface area contributed by atoms with Crippen molar-refractivity contribution in [3.63, 3.8) is 0 Å². The first kappa shape index (κ1) is 15.5. The van der Waals surface area contributed by atoms with Crippen LogP contribution in [0.2, 0.25) is 5.02 Å². The molecule has 2 aromatic rings. The van der Waals surface area contributed by atoms with E-state index in [1.165, 1.54) is 0 Å². The minimum absolute atomic E-state index is 0.419. The minimum Gasteiger partial charge on any atom is -0.481 e. The Morgan fingerprint density at radius 1 is 1.43 bits per heavy atom. The Hall–Kier alpha value is -1.85. The molecular formula is C15H17ClN2O3. The van der Waals surface area contributed by atoms with Gasteiger partial charge in [0.05, 0.1) is 11.6 Å². The monoisotopic (exact) mass is 308 g/mol. The Balaban J connectivity index is 2.00. The third-order valence-electron chi connectivity index (χ3n) is 3.08. The van der Waals surface area contributed by atoms with Crippen molar-refractivity contribution in [2.24, 2.45) is 5.92 Å². The summed E-state index contributed by atoms with van der Waals surface area (Å²) in [5.74, 6) is -0.692. The molecule has 0 aliphatic heterocycles. The molecule has 0 bridgehead atoms. The summed E-state index contributed by atoms with van der Waals surface area (Å²) in [6, 6.07) is 7.24. The van der Waals surface area contributed by atoms with Gasteiger partial charge in [-0.05, 0) is 31.3 Å². The molecule has 112 valence electrons. The van der Waals surface area contributed by atoms with Gasteiger partial charge in [-0.15, -0.1) is 0 Å². The van der Waals surface area contributed by atoms with Crippen molar-refractivity contribution in [2.75, 3.05) is 13.6 Å². The van der Waals surface area contributed by atoms with E-state index in [1.807, 2.05) is 24.1 Å². The van der Waals surface area contributed by atoms with Gasteiger partial charge in [-0.25, -0.2) is 4.98 Å². The number of benzene rings is 1. The molecule has 2 rings (SSSR count). The van der Waals surface area contributed by atoms with E-state index >= 15 is 0 Å². The molecule has 1 atom stereocenters. The van der Waals surface area contributed by atoms with E-state index in [1.54, 1.807) is 25.3 Å². The van der Waals surface area contributed by atoms with Crippen molar-refractivity contribution in [1.82, 2.24) is 9.88 Å². The Kier molecular flexibility index (Phi) is 4.98. The number of oxazole rings is 1. The third kappa shape index (κ3) is 4.31. The second kappa shape index (κ2) is 6.74. The molecule has 1 unspecified atom stereocenters. The molecule has 0 radical (unpaired) electrons. The Labute approximate surface area is 128 Å². The lowest BCUT2D eigenvalue weighted by Gasteiger charge is -2.17. The second-order valence-corrected chi connectivity index (χ2v) is 5.52. The number of carbonyl (C=O) groups is 1. The average Bonchev–Trinajstić information content (AvgIpc) is 2.87. The summed E-state index contributed by atoms with van der Waals surface area (Å²) < 4.78 is 5.45. The van der Waals surface area contributed by atoms with Crippen molar-refractivity contribution in [1.29, 1.82) is 0 Å². The first-order chi connectivity index (χ1) is 9.95. The lowest BCUT2D eigenvalue weighted by atomic mass is 10.2. The molecule has 21 heavy (non-hydrogen) atoms. The van der Waals surface area contributed by atoms with Gasteiger partial charge in [0, 0.05) is 23.7 Å². The van der Waals surface area contributed by atoms with Crippen LogP contribution in [-0.2, 0) is 11.3 Å². The molecule has 1 aromatic carbocycles. The fourth-order valence-electron chi connectivity index (χ4n) is 1.99. The highest BCUT2D eigenvalue weighted by Gasteiger charge is 2.15. The summed E-state index contributed by atoms with van der Waals surface area (Å²) in [6.45, 7) is 2.67. The smallest absolute Gasteiger partial charge is 0.307 e. The van der Waals surface area contributed by atoms with Crippen LogP contribution < -0.4 is 0 Å². The van der Waals surface area contributed by atoms with Gasteiger partial charge >= 0.3 is 5.97 Å². The summed E-state index contributed by atoms with van der Waals surface area (Å²) in [5, 5.41) is 9.56. The maximum Gasteiger partial charge on any atom is 0.307 e. The topological polar surface area (TPSA) is 66.6 Å². The summed E-state index contributed by atoms with van der Waals surface area (Å²) in [6.07, 6.45) is 1.59. The van der Waals surface area contributed by atoms with Crippen molar-refractivity contribution in [2.45, 2.75) is 13.5 Å². The molecule has 5 nitrogen and oxygen atoms in total. The molecule has 6 heteroatoms. The number of carboxylic acids is 1. The van der Waals surface area contributed by atoms with Crippen LogP contribution in [0.1, 0.15) is 12.6 Å². The molecule has 0 amide bonds. The highest BCUT2D eigenvalue weighted by Crippen LogP contribution is 2.21. The molecule has 1 heterocycles. The molecule has 0 spiro atoms. The zero-order valence-corrected chi connectivity index (χ0v) is 12.7. The number of hydrogen-bond donors (Lipinski definition) is 1. The highest BCUT2D eigenvalue weighted by molar-refractivity contribution is 6.30. The van der Waals surface area contributed by atoms with E-state index in [-0.39, 0.29) is 0 Å². The number of carboxylic acid groups (broad SMARTS) is 1. The van der Waals surface area contributed by atoms with Crippen LogP contribution in [0.5, 0.6) is 0 Å². The van der Waals surface area contributed by atoms with Crippen molar-refractivity contribution in [3.8, 4) is 11.5 Å². The number of hydrogen-bond acceptors (Lipinski definition) is 4. The van der Waals surface area contributed by atoms with Gasteiger partial charge in [-0.3, -0.25) is 9.69 Å². The highest BCUT2D eigenvalue weighted by atomic mass is 35.5. The van der Waals surface area contributed by atoms with Gasteiger partial charge in [-0.1, -0.05) is 18.5 Å². The summed E-state index contributed by atoms with van der Waals surface area (Å²) in [7, 11) is 1.86. The summed E-state index contributed by atoms with van der Waals surface area (Å²) in [4.78, 5) is 17.1. The van der Waals surface area contributed by atoms with E-state index < -0.39 is 11.9 Å². The fraction of sp³-hybridized carbons (Fsp3) is 0.333. The molecule has 0 aliphatic rings. The largest absolute Gasteiger partial charge is 0.481 e. The molecule has 0 aliphatic carbocycles. The zero-order valence-electron chi connectivity index (χ0n) is 11.9. The van der Waals surface area contributed by atoms with E-state index in [2.05, 4.69) is 4.98 Å². The molecule has 1 N–H and O–H groups in total. The molecular weight excluding hydrogens is 292 g/mol. The van der Waals surface area contributed by atoms with Crippen LogP contribution in [0.15, 0.2) is 34.9 Å².